The van der Waals surface area contributed by atoms with Gasteiger partial charge in [-0.3, -0.25) is 9.59 Å². The van der Waals surface area contributed by atoms with Crippen molar-refractivity contribution in [1.29, 1.82) is 0 Å². The summed E-state index contributed by atoms with van der Waals surface area (Å²) in [5.41, 5.74) is 0.448. The topological polar surface area (TPSA) is 80.6 Å². The lowest BCUT2D eigenvalue weighted by molar-refractivity contribution is -0.120. The number of amides is 2. The molecule has 0 aliphatic heterocycles. The number of rotatable bonds is 7. The Morgan fingerprint density at radius 2 is 1.58 bits per heavy atom. The Hall–Kier alpha value is -3.54. The van der Waals surface area contributed by atoms with Crippen molar-refractivity contribution in [3.63, 3.8) is 0 Å². The lowest BCUT2D eigenvalue weighted by atomic mass is 10.2. The van der Waals surface area contributed by atoms with Gasteiger partial charge in [0.05, 0.1) is 19.4 Å². The highest BCUT2D eigenvalue weighted by atomic mass is 16.5. The fraction of sp³-hybridized carbons (Fsp3) is 0.100. The van der Waals surface area contributed by atoms with Crippen molar-refractivity contribution in [2.24, 2.45) is 0 Å². The summed E-state index contributed by atoms with van der Waals surface area (Å²) in [7, 11) is 0. The molecule has 1 aromatic heterocycles. The van der Waals surface area contributed by atoms with Crippen molar-refractivity contribution in [3.05, 3.63) is 84.3 Å². The Morgan fingerprint density at radius 1 is 0.846 bits per heavy atom. The summed E-state index contributed by atoms with van der Waals surface area (Å²) in [6, 6.07) is 19.6. The zero-order valence-electron chi connectivity index (χ0n) is 14.0. The van der Waals surface area contributed by atoms with Gasteiger partial charge in [0.15, 0.2) is 0 Å². The summed E-state index contributed by atoms with van der Waals surface area (Å²) >= 11 is 0. The molecule has 0 atom stereocenters. The second-order valence-electron chi connectivity index (χ2n) is 5.48. The zero-order chi connectivity index (χ0) is 18.2. The lowest BCUT2D eigenvalue weighted by Crippen LogP contribution is -2.36. The van der Waals surface area contributed by atoms with E-state index in [-0.39, 0.29) is 24.9 Å². The van der Waals surface area contributed by atoms with Gasteiger partial charge < -0.3 is 19.8 Å². The van der Waals surface area contributed by atoms with Crippen LogP contribution in [0.2, 0.25) is 0 Å². The molecule has 2 amide bonds. The molecule has 6 nitrogen and oxygen atoms in total. The maximum atomic E-state index is 12.1. The Bertz CT molecular complexity index is 843. The van der Waals surface area contributed by atoms with Gasteiger partial charge in [0.1, 0.15) is 17.3 Å². The van der Waals surface area contributed by atoms with Crippen molar-refractivity contribution in [2.45, 2.75) is 6.54 Å². The van der Waals surface area contributed by atoms with Crippen LogP contribution in [0.25, 0.3) is 0 Å². The van der Waals surface area contributed by atoms with Gasteiger partial charge in [-0.15, -0.1) is 0 Å². The third-order valence-corrected chi connectivity index (χ3v) is 3.54. The fourth-order valence-electron chi connectivity index (χ4n) is 2.22. The first-order valence-corrected chi connectivity index (χ1v) is 8.11. The maximum Gasteiger partial charge on any atom is 0.251 e. The fourth-order valence-corrected chi connectivity index (χ4v) is 2.22. The van der Waals surface area contributed by atoms with Crippen LogP contribution in [0.4, 0.5) is 0 Å². The normalized spacial score (nSPS) is 10.2. The Labute approximate surface area is 150 Å². The molecule has 1 heterocycles. The molecule has 3 aromatic rings. The maximum absolute atomic E-state index is 12.1. The SMILES string of the molecule is O=C(CNC(=O)c1ccc(Oc2ccccc2)cc1)NCc1ccco1. The number of carbonyl (C=O) groups is 2. The minimum absolute atomic E-state index is 0.109. The van der Waals surface area contributed by atoms with E-state index in [0.29, 0.717) is 17.1 Å². The highest BCUT2D eigenvalue weighted by Gasteiger charge is 2.09. The van der Waals surface area contributed by atoms with Crippen molar-refractivity contribution in [1.82, 2.24) is 10.6 Å². The number of ether oxygens (including phenoxy) is 1. The lowest BCUT2D eigenvalue weighted by Gasteiger charge is -2.08. The van der Waals surface area contributed by atoms with Crippen molar-refractivity contribution < 1.29 is 18.7 Å². The predicted octanol–water partition coefficient (Wildman–Crippen LogP) is 3.12. The van der Waals surface area contributed by atoms with Crippen molar-refractivity contribution in [3.8, 4) is 11.5 Å². The minimum Gasteiger partial charge on any atom is -0.467 e. The first-order chi connectivity index (χ1) is 12.7. The van der Waals surface area contributed by atoms with Crippen LogP contribution in [-0.2, 0) is 11.3 Å². The molecule has 0 aliphatic carbocycles. The summed E-state index contributed by atoms with van der Waals surface area (Å²) in [5.74, 6) is 1.38. The minimum atomic E-state index is -0.329. The third kappa shape index (κ3) is 4.98. The van der Waals surface area contributed by atoms with E-state index in [0.717, 1.165) is 5.75 Å². The van der Waals surface area contributed by atoms with Crippen LogP contribution in [0.5, 0.6) is 11.5 Å². The van der Waals surface area contributed by atoms with E-state index in [4.69, 9.17) is 9.15 Å². The Balaban J connectivity index is 1.46. The molecule has 3 rings (SSSR count). The number of hydrogen-bond donors (Lipinski definition) is 2. The molecule has 2 aromatic carbocycles. The van der Waals surface area contributed by atoms with E-state index in [1.165, 1.54) is 6.26 Å². The number of hydrogen-bond acceptors (Lipinski definition) is 4. The van der Waals surface area contributed by atoms with E-state index in [1.54, 1.807) is 36.4 Å². The molecule has 0 fully saturated rings. The third-order valence-electron chi connectivity index (χ3n) is 3.54. The van der Waals surface area contributed by atoms with E-state index in [2.05, 4.69) is 10.6 Å². The van der Waals surface area contributed by atoms with Crippen LogP contribution in [0, 0.1) is 0 Å². The van der Waals surface area contributed by atoms with Crippen molar-refractivity contribution >= 4 is 11.8 Å². The molecule has 0 unspecified atom stereocenters. The Morgan fingerprint density at radius 3 is 2.27 bits per heavy atom. The number of carbonyl (C=O) groups excluding carboxylic acids is 2. The molecule has 0 spiro atoms. The second kappa shape index (κ2) is 8.53. The zero-order valence-corrected chi connectivity index (χ0v) is 14.0. The van der Waals surface area contributed by atoms with Gasteiger partial charge >= 0.3 is 0 Å². The average molecular weight is 350 g/mol. The van der Waals surface area contributed by atoms with E-state index >= 15 is 0 Å². The smallest absolute Gasteiger partial charge is 0.251 e. The quantitative estimate of drug-likeness (QED) is 0.686. The monoisotopic (exact) mass is 350 g/mol. The van der Waals surface area contributed by atoms with Crippen LogP contribution in [-0.4, -0.2) is 18.4 Å². The molecular weight excluding hydrogens is 332 g/mol. The van der Waals surface area contributed by atoms with Crippen LogP contribution in [0.3, 0.4) is 0 Å². The van der Waals surface area contributed by atoms with Crippen LogP contribution < -0.4 is 15.4 Å². The summed E-state index contributed by atoms with van der Waals surface area (Å²) in [4.78, 5) is 23.8. The number of para-hydroxylation sites is 1. The molecular formula is C20H18N2O4. The second-order valence-corrected chi connectivity index (χ2v) is 5.48. The van der Waals surface area contributed by atoms with Gasteiger partial charge in [0.25, 0.3) is 5.91 Å². The van der Waals surface area contributed by atoms with Gasteiger partial charge in [0, 0.05) is 5.56 Å². The molecule has 132 valence electrons. The summed E-state index contributed by atoms with van der Waals surface area (Å²) in [6.45, 7) is 0.176. The van der Waals surface area contributed by atoms with Crippen LogP contribution >= 0.6 is 0 Å². The average Bonchev–Trinajstić information content (AvgIpc) is 3.19. The summed E-state index contributed by atoms with van der Waals surface area (Å²) in [5, 5.41) is 5.24. The number of nitrogens with one attached hydrogen (secondary N) is 2. The van der Waals surface area contributed by atoms with Gasteiger partial charge in [-0.05, 0) is 48.5 Å². The molecule has 0 aliphatic rings. The van der Waals surface area contributed by atoms with E-state index in [1.807, 2.05) is 30.3 Å². The van der Waals surface area contributed by atoms with Crippen molar-refractivity contribution in [2.75, 3.05) is 6.54 Å². The van der Waals surface area contributed by atoms with E-state index < -0.39 is 0 Å². The van der Waals surface area contributed by atoms with Crippen LogP contribution in [0.1, 0.15) is 16.1 Å². The predicted molar refractivity (Wildman–Crippen MR) is 95.8 cm³/mol. The number of furan rings is 1. The molecule has 6 heteroatoms. The number of benzene rings is 2. The van der Waals surface area contributed by atoms with Gasteiger partial charge in [-0.25, -0.2) is 0 Å². The van der Waals surface area contributed by atoms with Gasteiger partial charge in [-0.1, -0.05) is 18.2 Å². The first-order valence-electron chi connectivity index (χ1n) is 8.11. The molecule has 2 N–H and O–H groups in total. The van der Waals surface area contributed by atoms with Gasteiger partial charge in [0.2, 0.25) is 5.91 Å². The van der Waals surface area contributed by atoms with Crippen LogP contribution in [0.15, 0.2) is 77.4 Å². The standard InChI is InChI=1S/C20H18N2O4/c23-19(21-13-18-7-4-12-25-18)14-22-20(24)15-8-10-17(11-9-15)26-16-5-2-1-3-6-16/h1-12H,13-14H2,(H,21,23)(H,22,24). The summed E-state index contributed by atoms with van der Waals surface area (Å²) in [6.07, 6.45) is 1.54. The molecule has 0 bridgehead atoms. The molecule has 0 radical (unpaired) electrons. The molecule has 0 saturated carbocycles. The molecule has 0 saturated heterocycles. The highest BCUT2D eigenvalue weighted by molar-refractivity contribution is 5.96. The van der Waals surface area contributed by atoms with E-state index in [9.17, 15) is 9.59 Å². The molecule has 26 heavy (non-hydrogen) atoms. The highest BCUT2D eigenvalue weighted by Crippen LogP contribution is 2.21. The van der Waals surface area contributed by atoms with Gasteiger partial charge in [-0.2, -0.15) is 0 Å². The summed E-state index contributed by atoms with van der Waals surface area (Å²) < 4.78 is 10.8. The first kappa shape index (κ1) is 17.3. The Kier molecular flexibility index (Phi) is 5.67. The largest absolute Gasteiger partial charge is 0.467 e.